The van der Waals surface area contributed by atoms with Crippen LogP contribution in [0, 0.1) is 11.8 Å². The summed E-state index contributed by atoms with van der Waals surface area (Å²) < 4.78 is 12.6. The SMILES string of the molecule is COC(=O)[C@H]1CC[C@H](CNC(=O)c2cccc3ccn(Cc4coc(-c5ccccc5)n4)c23)CC1. The lowest BCUT2D eigenvalue weighted by atomic mass is 9.82. The Morgan fingerprint density at radius 3 is 2.63 bits per heavy atom. The first-order valence-electron chi connectivity index (χ1n) is 12.1. The van der Waals surface area contributed by atoms with E-state index in [4.69, 9.17) is 9.15 Å². The van der Waals surface area contributed by atoms with Crippen molar-refractivity contribution in [1.82, 2.24) is 14.9 Å². The molecule has 5 rings (SSSR count). The Kier molecular flexibility index (Phi) is 6.66. The number of hydrogen-bond donors (Lipinski definition) is 1. The van der Waals surface area contributed by atoms with Crippen molar-refractivity contribution in [1.29, 1.82) is 0 Å². The van der Waals surface area contributed by atoms with E-state index in [2.05, 4.69) is 10.3 Å². The van der Waals surface area contributed by atoms with Crippen LogP contribution < -0.4 is 5.32 Å². The van der Waals surface area contributed by atoms with Gasteiger partial charge in [0.2, 0.25) is 5.89 Å². The molecule has 1 amide bonds. The summed E-state index contributed by atoms with van der Waals surface area (Å²) in [5.41, 5.74) is 3.24. The normalized spacial score (nSPS) is 17.9. The summed E-state index contributed by atoms with van der Waals surface area (Å²) in [4.78, 5) is 29.6. The number of aromatic nitrogens is 2. The maximum atomic E-state index is 13.2. The molecular weight excluding hydrogens is 442 g/mol. The molecule has 35 heavy (non-hydrogen) atoms. The molecule has 2 aromatic carbocycles. The van der Waals surface area contributed by atoms with E-state index in [0.717, 1.165) is 47.8 Å². The highest BCUT2D eigenvalue weighted by molar-refractivity contribution is 6.06. The van der Waals surface area contributed by atoms with Crippen LogP contribution in [-0.4, -0.2) is 35.1 Å². The van der Waals surface area contributed by atoms with Crippen LogP contribution in [0.4, 0.5) is 0 Å². The predicted molar refractivity (Wildman–Crippen MR) is 133 cm³/mol. The van der Waals surface area contributed by atoms with E-state index in [1.165, 1.54) is 7.11 Å². The lowest BCUT2D eigenvalue weighted by molar-refractivity contribution is -0.146. The van der Waals surface area contributed by atoms with Crippen LogP contribution >= 0.6 is 0 Å². The number of hydrogen-bond acceptors (Lipinski definition) is 5. The summed E-state index contributed by atoms with van der Waals surface area (Å²) >= 11 is 0. The van der Waals surface area contributed by atoms with E-state index in [1.807, 2.05) is 65.4 Å². The summed E-state index contributed by atoms with van der Waals surface area (Å²) in [6.45, 7) is 1.11. The summed E-state index contributed by atoms with van der Waals surface area (Å²) in [7, 11) is 1.44. The molecular formula is C28H29N3O4. The van der Waals surface area contributed by atoms with E-state index in [9.17, 15) is 9.59 Å². The molecule has 1 fully saturated rings. The van der Waals surface area contributed by atoms with E-state index in [1.54, 1.807) is 6.26 Å². The zero-order valence-electron chi connectivity index (χ0n) is 19.8. The molecule has 7 nitrogen and oxygen atoms in total. The van der Waals surface area contributed by atoms with Crippen LogP contribution in [0.1, 0.15) is 41.7 Å². The number of oxazole rings is 1. The molecule has 2 heterocycles. The van der Waals surface area contributed by atoms with Gasteiger partial charge >= 0.3 is 5.97 Å². The summed E-state index contributed by atoms with van der Waals surface area (Å²) in [5, 5.41) is 4.13. The number of carbonyl (C=O) groups excluding carboxylic acids is 2. The van der Waals surface area contributed by atoms with Gasteiger partial charge in [-0.05, 0) is 55.9 Å². The monoisotopic (exact) mass is 471 g/mol. The van der Waals surface area contributed by atoms with Crippen molar-refractivity contribution in [2.45, 2.75) is 32.2 Å². The number of nitrogens with zero attached hydrogens (tertiary/aromatic N) is 2. The first-order chi connectivity index (χ1) is 17.1. The molecule has 1 saturated carbocycles. The lowest BCUT2D eigenvalue weighted by Gasteiger charge is -2.27. The van der Waals surface area contributed by atoms with Gasteiger partial charge in [0.25, 0.3) is 5.91 Å². The maximum Gasteiger partial charge on any atom is 0.308 e. The molecule has 0 saturated heterocycles. The number of para-hydroxylation sites is 1. The molecule has 4 aromatic rings. The van der Waals surface area contributed by atoms with Gasteiger partial charge in [0.1, 0.15) is 6.26 Å². The van der Waals surface area contributed by atoms with Crippen LogP contribution in [0.3, 0.4) is 0 Å². The Morgan fingerprint density at radius 2 is 1.86 bits per heavy atom. The van der Waals surface area contributed by atoms with E-state index in [0.29, 0.717) is 30.5 Å². The van der Waals surface area contributed by atoms with Crippen molar-refractivity contribution in [2.75, 3.05) is 13.7 Å². The average molecular weight is 472 g/mol. The number of ether oxygens (including phenoxy) is 1. The van der Waals surface area contributed by atoms with Crippen molar-refractivity contribution in [3.63, 3.8) is 0 Å². The van der Waals surface area contributed by atoms with E-state index in [-0.39, 0.29) is 17.8 Å². The number of carbonyl (C=O) groups is 2. The van der Waals surface area contributed by atoms with Gasteiger partial charge in [0.05, 0.1) is 36.3 Å². The zero-order chi connectivity index (χ0) is 24.2. The van der Waals surface area contributed by atoms with Gasteiger partial charge in [0.15, 0.2) is 0 Å². The number of methoxy groups -OCH3 is 1. The van der Waals surface area contributed by atoms with Gasteiger partial charge in [-0.3, -0.25) is 9.59 Å². The number of esters is 1. The molecule has 0 unspecified atom stereocenters. The minimum atomic E-state index is -0.122. The third kappa shape index (κ3) is 4.99. The molecule has 0 spiro atoms. The molecule has 0 aliphatic heterocycles. The summed E-state index contributed by atoms with van der Waals surface area (Å²) in [6, 6.07) is 17.6. The van der Waals surface area contributed by atoms with Crippen LogP contribution in [0.5, 0.6) is 0 Å². The van der Waals surface area contributed by atoms with Gasteiger partial charge in [-0.1, -0.05) is 30.3 Å². The van der Waals surface area contributed by atoms with Crippen molar-refractivity contribution >= 4 is 22.8 Å². The van der Waals surface area contributed by atoms with Crippen LogP contribution in [-0.2, 0) is 16.1 Å². The van der Waals surface area contributed by atoms with Crippen molar-refractivity contribution < 1.29 is 18.7 Å². The minimum absolute atomic E-state index is 0.0112. The quantitative estimate of drug-likeness (QED) is 0.381. The topological polar surface area (TPSA) is 86.4 Å². The second-order valence-corrected chi connectivity index (χ2v) is 9.15. The molecule has 1 N–H and O–H groups in total. The second kappa shape index (κ2) is 10.2. The minimum Gasteiger partial charge on any atom is -0.469 e. The molecule has 180 valence electrons. The van der Waals surface area contributed by atoms with Gasteiger partial charge in [-0.25, -0.2) is 4.98 Å². The fourth-order valence-electron chi connectivity index (χ4n) is 4.94. The fraction of sp³-hybridized carbons (Fsp3) is 0.321. The smallest absolute Gasteiger partial charge is 0.308 e. The summed E-state index contributed by atoms with van der Waals surface area (Å²) in [5.74, 6) is 0.732. The van der Waals surface area contributed by atoms with E-state index >= 15 is 0 Å². The number of nitrogens with one attached hydrogen (secondary N) is 1. The summed E-state index contributed by atoms with van der Waals surface area (Å²) in [6.07, 6.45) is 7.10. The average Bonchev–Trinajstić information content (AvgIpc) is 3.55. The standard InChI is InChI=1S/C28H29N3O4/c1-34-28(33)22-12-10-19(11-13-22)16-29-26(32)24-9-5-8-20-14-15-31(25(20)24)17-23-18-35-27(30-23)21-6-3-2-4-7-21/h2-9,14-15,18-19,22H,10-13,16-17H2,1H3,(H,29,32)/t19-,22-. The molecule has 0 atom stereocenters. The van der Waals surface area contributed by atoms with Crippen molar-refractivity contribution in [2.24, 2.45) is 11.8 Å². The molecule has 2 aromatic heterocycles. The molecule has 0 bridgehead atoms. The highest BCUT2D eigenvalue weighted by Gasteiger charge is 2.27. The molecule has 7 heteroatoms. The Hall–Kier alpha value is -3.87. The Bertz CT molecular complexity index is 1320. The third-order valence-electron chi connectivity index (χ3n) is 6.87. The van der Waals surface area contributed by atoms with Crippen LogP contribution in [0.25, 0.3) is 22.4 Å². The first kappa shape index (κ1) is 22.9. The van der Waals surface area contributed by atoms with Crippen molar-refractivity contribution in [3.8, 4) is 11.5 Å². The number of fused-ring (bicyclic) bond motifs is 1. The maximum absolute atomic E-state index is 13.2. The van der Waals surface area contributed by atoms with Gasteiger partial charge < -0.3 is 19.0 Å². The Morgan fingerprint density at radius 1 is 1.06 bits per heavy atom. The highest BCUT2D eigenvalue weighted by Crippen LogP contribution is 2.29. The number of benzene rings is 2. The second-order valence-electron chi connectivity index (χ2n) is 9.15. The van der Waals surface area contributed by atoms with Crippen LogP contribution in [0.15, 0.2) is 71.5 Å². The molecule has 1 aliphatic rings. The van der Waals surface area contributed by atoms with Crippen LogP contribution in [0.2, 0.25) is 0 Å². The van der Waals surface area contributed by atoms with Gasteiger partial charge in [-0.2, -0.15) is 0 Å². The molecule has 1 aliphatic carbocycles. The molecule has 0 radical (unpaired) electrons. The Balaban J connectivity index is 1.28. The zero-order valence-corrected chi connectivity index (χ0v) is 19.8. The van der Waals surface area contributed by atoms with Gasteiger partial charge in [-0.15, -0.1) is 0 Å². The highest BCUT2D eigenvalue weighted by atomic mass is 16.5. The number of rotatable bonds is 7. The van der Waals surface area contributed by atoms with Gasteiger partial charge in [0, 0.05) is 23.7 Å². The first-order valence-corrected chi connectivity index (χ1v) is 12.1. The predicted octanol–water partition coefficient (Wildman–Crippen LogP) is 5.05. The Labute approximate surface area is 204 Å². The third-order valence-corrected chi connectivity index (χ3v) is 6.87. The van der Waals surface area contributed by atoms with E-state index < -0.39 is 0 Å². The lowest BCUT2D eigenvalue weighted by Crippen LogP contribution is -2.33. The largest absolute Gasteiger partial charge is 0.469 e. The fourth-order valence-corrected chi connectivity index (χ4v) is 4.94. The van der Waals surface area contributed by atoms with Crippen molar-refractivity contribution in [3.05, 3.63) is 78.3 Å². The number of amides is 1.